The van der Waals surface area contributed by atoms with Crippen LogP contribution in [-0.2, 0) is 17.9 Å². The van der Waals surface area contributed by atoms with E-state index >= 15 is 0 Å². The van der Waals surface area contributed by atoms with Crippen LogP contribution < -0.4 is 0 Å². The number of benzene rings is 2. The van der Waals surface area contributed by atoms with E-state index in [2.05, 4.69) is 20.9 Å². The Kier molecular flexibility index (Phi) is 5.34. The fourth-order valence-electron chi connectivity index (χ4n) is 4.29. The van der Waals surface area contributed by atoms with Crippen molar-refractivity contribution in [3.8, 4) is 0 Å². The number of nitrogens with one attached hydrogen (secondary N) is 1. The number of piperazine rings is 1. The normalized spacial score (nSPS) is 17.7. The molecule has 3 heterocycles. The van der Waals surface area contributed by atoms with Gasteiger partial charge in [0, 0.05) is 59.4 Å². The van der Waals surface area contributed by atoms with Crippen LogP contribution in [0.5, 0.6) is 0 Å². The summed E-state index contributed by atoms with van der Waals surface area (Å²) >= 11 is 12.3. The fourth-order valence-corrected chi connectivity index (χ4v) is 4.69. The van der Waals surface area contributed by atoms with Crippen molar-refractivity contribution in [2.24, 2.45) is 0 Å². The van der Waals surface area contributed by atoms with Gasteiger partial charge < -0.3 is 9.88 Å². The van der Waals surface area contributed by atoms with Gasteiger partial charge in [-0.25, -0.2) is 0 Å². The Morgan fingerprint density at radius 1 is 1.06 bits per heavy atom. The molecule has 0 saturated carbocycles. The molecule has 5 rings (SSSR count). The number of pyridine rings is 1. The van der Waals surface area contributed by atoms with E-state index in [1.165, 1.54) is 0 Å². The molecule has 0 radical (unpaired) electrons. The van der Waals surface area contributed by atoms with Crippen molar-refractivity contribution in [2.75, 3.05) is 13.1 Å². The monoisotopic (exact) mass is 452 g/mol. The number of amides is 1. The minimum absolute atomic E-state index is 0.143. The highest BCUT2D eigenvalue weighted by molar-refractivity contribution is 6.35. The molecular weight excluding hydrogens is 431 g/mol. The highest BCUT2D eigenvalue weighted by atomic mass is 35.5. The van der Waals surface area contributed by atoms with Crippen LogP contribution in [0.2, 0.25) is 10.0 Å². The topological polar surface area (TPSA) is 52.2 Å². The molecular formula is C24H22Cl2N4O. The number of rotatable bonds is 4. The maximum Gasteiger partial charge on any atom is 0.239 e. The van der Waals surface area contributed by atoms with Crippen molar-refractivity contribution in [2.45, 2.75) is 26.1 Å². The van der Waals surface area contributed by atoms with Crippen molar-refractivity contribution < 1.29 is 4.79 Å². The van der Waals surface area contributed by atoms with Crippen LogP contribution in [0, 0.1) is 0 Å². The minimum atomic E-state index is -0.184. The molecule has 0 aliphatic carbocycles. The Bertz CT molecular complexity index is 1290. The van der Waals surface area contributed by atoms with Crippen molar-refractivity contribution >= 4 is 50.9 Å². The van der Waals surface area contributed by atoms with Crippen LogP contribution in [0.1, 0.15) is 18.2 Å². The Morgan fingerprint density at radius 3 is 2.81 bits per heavy atom. The van der Waals surface area contributed by atoms with E-state index in [9.17, 15) is 4.79 Å². The number of hydrogen-bond donors (Lipinski definition) is 1. The van der Waals surface area contributed by atoms with E-state index in [1.807, 2.05) is 48.2 Å². The SMILES string of the molecule is CC1C(=O)N(Cc2ccc3c(Cl)ccnc3c2)CCN1Cc1cc2cc(Cl)ccc2[nH]1. The maximum atomic E-state index is 13.1. The Hall–Kier alpha value is -2.60. The zero-order chi connectivity index (χ0) is 21.5. The quantitative estimate of drug-likeness (QED) is 0.459. The van der Waals surface area contributed by atoms with Gasteiger partial charge in [0.25, 0.3) is 0 Å². The van der Waals surface area contributed by atoms with Crippen LogP contribution in [0.25, 0.3) is 21.8 Å². The molecule has 7 heteroatoms. The first-order chi connectivity index (χ1) is 15.0. The largest absolute Gasteiger partial charge is 0.357 e. The van der Waals surface area contributed by atoms with E-state index in [0.29, 0.717) is 24.7 Å². The second-order valence-electron chi connectivity index (χ2n) is 8.08. The van der Waals surface area contributed by atoms with Crippen LogP contribution in [0.3, 0.4) is 0 Å². The van der Waals surface area contributed by atoms with Gasteiger partial charge in [0.1, 0.15) is 0 Å². The molecule has 0 spiro atoms. The smallest absolute Gasteiger partial charge is 0.239 e. The standard InChI is InChI=1S/C24H22Cl2N4O/c1-15-24(31)30(13-16-2-4-20-21(26)6-7-27-23(20)10-16)9-8-29(15)14-19-12-17-11-18(25)3-5-22(17)28-19/h2-7,10-12,15,28H,8-9,13-14H2,1H3. The van der Waals surface area contributed by atoms with E-state index < -0.39 is 0 Å². The highest BCUT2D eigenvalue weighted by Gasteiger charge is 2.31. The summed E-state index contributed by atoms with van der Waals surface area (Å²) in [6.45, 7) is 4.77. The molecule has 1 amide bonds. The lowest BCUT2D eigenvalue weighted by molar-refractivity contribution is -0.142. The summed E-state index contributed by atoms with van der Waals surface area (Å²) in [7, 11) is 0. The molecule has 1 aliphatic heterocycles. The van der Waals surface area contributed by atoms with Crippen LogP contribution in [0.15, 0.2) is 54.7 Å². The Balaban J connectivity index is 1.28. The first kappa shape index (κ1) is 20.3. The molecule has 2 aromatic carbocycles. The molecule has 1 aliphatic rings. The predicted molar refractivity (Wildman–Crippen MR) is 125 cm³/mol. The highest BCUT2D eigenvalue weighted by Crippen LogP contribution is 2.25. The summed E-state index contributed by atoms with van der Waals surface area (Å²) in [6, 6.07) is 15.5. The van der Waals surface area contributed by atoms with E-state index in [4.69, 9.17) is 23.2 Å². The molecule has 5 nitrogen and oxygen atoms in total. The number of carbonyl (C=O) groups excluding carboxylic acids is 1. The number of aromatic amines is 1. The van der Waals surface area contributed by atoms with Crippen molar-refractivity contribution in [3.63, 3.8) is 0 Å². The summed E-state index contributed by atoms with van der Waals surface area (Å²) in [6.07, 6.45) is 1.71. The van der Waals surface area contributed by atoms with Gasteiger partial charge in [-0.3, -0.25) is 14.7 Å². The lowest BCUT2D eigenvalue weighted by atomic mass is 10.1. The maximum absolute atomic E-state index is 13.1. The summed E-state index contributed by atoms with van der Waals surface area (Å²) in [5.74, 6) is 0.143. The zero-order valence-electron chi connectivity index (χ0n) is 17.1. The second kappa shape index (κ2) is 8.15. The van der Waals surface area contributed by atoms with Gasteiger partial charge in [0.05, 0.1) is 16.6 Å². The molecule has 2 aromatic heterocycles. The molecule has 1 atom stereocenters. The first-order valence-corrected chi connectivity index (χ1v) is 11.1. The number of hydrogen-bond acceptors (Lipinski definition) is 3. The van der Waals surface area contributed by atoms with E-state index in [0.717, 1.165) is 44.6 Å². The average molecular weight is 453 g/mol. The van der Waals surface area contributed by atoms with Crippen molar-refractivity contribution in [1.29, 1.82) is 0 Å². The third-order valence-electron chi connectivity index (χ3n) is 6.01. The summed E-state index contributed by atoms with van der Waals surface area (Å²) in [5.41, 5.74) is 4.05. The Labute approximate surface area is 190 Å². The number of H-pyrrole nitrogens is 1. The molecule has 0 bridgehead atoms. The van der Waals surface area contributed by atoms with Gasteiger partial charge >= 0.3 is 0 Å². The molecule has 4 aromatic rings. The molecule has 1 fully saturated rings. The minimum Gasteiger partial charge on any atom is -0.357 e. The fraction of sp³-hybridized carbons (Fsp3) is 0.250. The molecule has 31 heavy (non-hydrogen) atoms. The van der Waals surface area contributed by atoms with Crippen LogP contribution in [0.4, 0.5) is 0 Å². The summed E-state index contributed by atoms with van der Waals surface area (Å²) in [5, 5.41) is 3.43. The van der Waals surface area contributed by atoms with E-state index in [1.54, 1.807) is 12.3 Å². The Morgan fingerprint density at radius 2 is 1.94 bits per heavy atom. The molecule has 158 valence electrons. The predicted octanol–water partition coefficient (Wildman–Crippen LogP) is 5.26. The molecule has 1 N–H and O–H groups in total. The van der Waals surface area contributed by atoms with Crippen LogP contribution in [-0.4, -0.2) is 44.8 Å². The number of fused-ring (bicyclic) bond motifs is 2. The third-order valence-corrected chi connectivity index (χ3v) is 6.58. The van der Waals surface area contributed by atoms with Gasteiger partial charge in [-0.2, -0.15) is 0 Å². The lowest BCUT2D eigenvalue weighted by Gasteiger charge is -2.39. The third kappa shape index (κ3) is 4.01. The van der Waals surface area contributed by atoms with Gasteiger partial charge in [-0.15, -0.1) is 0 Å². The van der Waals surface area contributed by atoms with Gasteiger partial charge in [-0.1, -0.05) is 35.3 Å². The van der Waals surface area contributed by atoms with Gasteiger partial charge in [-0.05, 0) is 48.9 Å². The number of aromatic nitrogens is 2. The second-order valence-corrected chi connectivity index (χ2v) is 8.92. The summed E-state index contributed by atoms with van der Waals surface area (Å²) in [4.78, 5) is 25.1. The number of carbonyl (C=O) groups is 1. The van der Waals surface area contributed by atoms with E-state index in [-0.39, 0.29) is 11.9 Å². The van der Waals surface area contributed by atoms with Crippen molar-refractivity contribution in [1.82, 2.24) is 19.8 Å². The van der Waals surface area contributed by atoms with Gasteiger partial charge in [0.2, 0.25) is 5.91 Å². The van der Waals surface area contributed by atoms with Crippen molar-refractivity contribution in [3.05, 3.63) is 76.0 Å². The number of halogens is 2. The molecule has 1 unspecified atom stereocenters. The van der Waals surface area contributed by atoms with Gasteiger partial charge in [0.15, 0.2) is 0 Å². The zero-order valence-corrected chi connectivity index (χ0v) is 18.6. The average Bonchev–Trinajstić information content (AvgIpc) is 3.15. The first-order valence-electron chi connectivity index (χ1n) is 10.3. The lowest BCUT2D eigenvalue weighted by Crippen LogP contribution is -2.54. The molecule has 1 saturated heterocycles. The van der Waals surface area contributed by atoms with Crippen LogP contribution >= 0.6 is 23.2 Å². The summed E-state index contributed by atoms with van der Waals surface area (Å²) < 4.78 is 0. The number of nitrogens with zero attached hydrogens (tertiary/aromatic N) is 3.